The van der Waals surface area contributed by atoms with E-state index in [2.05, 4.69) is 0 Å². The number of hydrogen-bond acceptors (Lipinski definition) is 1. The van der Waals surface area contributed by atoms with E-state index >= 15 is 0 Å². The Hall–Kier alpha value is -0.940. The van der Waals surface area contributed by atoms with Gasteiger partial charge in [-0.3, -0.25) is 4.79 Å². The zero-order chi connectivity index (χ0) is 15.0. The van der Waals surface area contributed by atoms with Crippen LogP contribution < -0.4 is 0 Å². The molecule has 0 aromatic heterocycles. The van der Waals surface area contributed by atoms with Crippen LogP contribution in [0.3, 0.4) is 0 Å². The number of alkyl halides is 5. The van der Waals surface area contributed by atoms with Crippen LogP contribution in [0.5, 0.6) is 0 Å². The average Bonchev–Trinajstić information content (AvgIpc) is 2.26. The fraction of sp³-hybridized carbons (Fsp3) is 0.462. The van der Waals surface area contributed by atoms with Crippen molar-refractivity contribution in [2.45, 2.75) is 28.8 Å². The minimum atomic E-state index is -4.40. The number of carboxylic acids is 1. The highest BCUT2D eigenvalue weighted by atomic mass is 35.5. The second-order valence-corrected chi connectivity index (χ2v) is 6.80. The first-order valence-corrected chi connectivity index (χ1v) is 6.61. The van der Waals surface area contributed by atoms with E-state index in [9.17, 15) is 18.0 Å². The Morgan fingerprint density at radius 2 is 1.65 bits per heavy atom. The van der Waals surface area contributed by atoms with Gasteiger partial charge in [-0.25, -0.2) is 0 Å². The number of halogens is 5. The normalized spacial score (nSPS) is 34.0. The molecule has 3 saturated carbocycles. The Labute approximate surface area is 122 Å². The molecule has 0 saturated heterocycles. The molecule has 0 amide bonds. The number of hydrogen-bond donors (Lipinski definition) is 1. The lowest BCUT2D eigenvalue weighted by Crippen LogP contribution is -2.82. The van der Waals surface area contributed by atoms with Gasteiger partial charge in [0.1, 0.15) is 9.75 Å². The van der Waals surface area contributed by atoms with E-state index in [1.165, 1.54) is 12.1 Å². The van der Waals surface area contributed by atoms with Crippen LogP contribution in [-0.4, -0.2) is 15.4 Å². The van der Waals surface area contributed by atoms with Gasteiger partial charge in [0.25, 0.3) is 0 Å². The Kier molecular flexibility index (Phi) is 2.54. The number of carboxylic acid groups (broad SMARTS) is 1. The highest BCUT2D eigenvalue weighted by Crippen LogP contribution is 2.83. The molecule has 3 aliphatic carbocycles. The predicted octanol–water partition coefficient (Wildman–Crippen LogP) is 4.00. The summed E-state index contributed by atoms with van der Waals surface area (Å²) in [5.74, 6) is -1.06. The van der Waals surface area contributed by atoms with Gasteiger partial charge in [-0.05, 0) is 30.5 Å². The summed E-state index contributed by atoms with van der Waals surface area (Å²) in [6.45, 7) is 0. The highest BCUT2D eigenvalue weighted by molar-refractivity contribution is 6.53. The fourth-order valence-electron chi connectivity index (χ4n) is 3.32. The number of benzene rings is 1. The van der Waals surface area contributed by atoms with Crippen LogP contribution in [0.2, 0.25) is 0 Å². The van der Waals surface area contributed by atoms with Crippen molar-refractivity contribution in [2.75, 3.05) is 0 Å². The van der Waals surface area contributed by atoms with E-state index in [0.29, 0.717) is 5.56 Å². The molecule has 1 N–H and O–H groups in total. The first kappa shape index (κ1) is 14.0. The molecule has 20 heavy (non-hydrogen) atoms. The Bertz CT molecular complexity index is 587. The van der Waals surface area contributed by atoms with Crippen molar-refractivity contribution in [3.8, 4) is 0 Å². The predicted molar refractivity (Wildman–Crippen MR) is 66.9 cm³/mol. The molecule has 1 aromatic rings. The van der Waals surface area contributed by atoms with Crippen molar-refractivity contribution in [1.82, 2.24) is 0 Å². The van der Waals surface area contributed by atoms with E-state index in [-0.39, 0.29) is 12.8 Å². The third kappa shape index (κ3) is 1.35. The van der Waals surface area contributed by atoms with Crippen molar-refractivity contribution < 1.29 is 23.1 Å². The maximum atomic E-state index is 12.5. The molecule has 7 heteroatoms. The lowest BCUT2D eigenvalue weighted by molar-refractivity contribution is -0.200. The first-order chi connectivity index (χ1) is 9.07. The lowest BCUT2D eigenvalue weighted by Gasteiger charge is -2.76. The van der Waals surface area contributed by atoms with Crippen LogP contribution in [0.25, 0.3) is 0 Å². The molecular weight excluding hydrogens is 316 g/mol. The summed E-state index contributed by atoms with van der Waals surface area (Å²) in [4.78, 5) is 11.2. The average molecular weight is 325 g/mol. The summed E-state index contributed by atoms with van der Waals surface area (Å²) in [6.07, 6.45) is -3.89. The van der Waals surface area contributed by atoms with E-state index in [4.69, 9.17) is 28.3 Å². The number of carbonyl (C=O) groups is 1. The summed E-state index contributed by atoms with van der Waals surface area (Å²) in [5.41, 5.74) is -2.12. The van der Waals surface area contributed by atoms with Crippen LogP contribution in [-0.2, 0) is 16.4 Å². The topological polar surface area (TPSA) is 37.3 Å². The minimum Gasteiger partial charge on any atom is -0.481 e. The molecule has 0 radical (unpaired) electrons. The van der Waals surface area contributed by atoms with Gasteiger partial charge < -0.3 is 5.11 Å². The summed E-state index contributed by atoms with van der Waals surface area (Å²) >= 11 is 12.3. The second kappa shape index (κ2) is 3.63. The van der Waals surface area contributed by atoms with Gasteiger partial charge in [0.05, 0.1) is 5.56 Å². The monoisotopic (exact) mass is 324 g/mol. The van der Waals surface area contributed by atoms with Crippen LogP contribution in [0, 0.1) is 5.41 Å². The molecular formula is C13H9Cl2F3O2. The van der Waals surface area contributed by atoms with Gasteiger partial charge in [-0.2, -0.15) is 13.2 Å². The van der Waals surface area contributed by atoms with Crippen LogP contribution >= 0.6 is 23.2 Å². The Balaban J connectivity index is 1.92. The lowest BCUT2D eigenvalue weighted by atomic mass is 9.32. The summed E-state index contributed by atoms with van der Waals surface area (Å²) < 4.78 is 36.1. The van der Waals surface area contributed by atoms with Crippen LogP contribution in [0.1, 0.15) is 24.0 Å². The van der Waals surface area contributed by atoms with E-state index in [0.717, 1.165) is 12.1 Å². The maximum Gasteiger partial charge on any atom is 0.416 e. The molecule has 0 heterocycles. The molecule has 4 rings (SSSR count). The van der Waals surface area contributed by atoms with Gasteiger partial charge in [0.2, 0.25) is 0 Å². The van der Waals surface area contributed by atoms with Gasteiger partial charge in [0, 0.05) is 5.41 Å². The van der Waals surface area contributed by atoms with Crippen LogP contribution in [0.4, 0.5) is 13.2 Å². The smallest absolute Gasteiger partial charge is 0.416 e. The van der Waals surface area contributed by atoms with E-state index < -0.39 is 32.9 Å². The molecule has 3 aliphatic rings. The van der Waals surface area contributed by atoms with Crippen molar-refractivity contribution >= 4 is 29.2 Å². The van der Waals surface area contributed by atoms with E-state index in [1.807, 2.05) is 0 Å². The largest absolute Gasteiger partial charge is 0.481 e. The first-order valence-electron chi connectivity index (χ1n) is 5.86. The molecule has 0 atom stereocenters. The summed E-state index contributed by atoms with van der Waals surface area (Å²) in [7, 11) is 0. The van der Waals surface area contributed by atoms with Crippen molar-refractivity contribution in [1.29, 1.82) is 0 Å². The quantitative estimate of drug-likeness (QED) is 0.835. The van der Waals surface area contributed by atoms with Gasteiger partial charge >= 0.3 is 12.1 Å². The molecule has 2 bridgehead atoms. The molecule has 0 aliphatic heterocycles. The number of rotatable bonds is 2. The van der Waals surface area contributed by atoms with Crippen molar-refractivity contribution in [2.24, 2.45) is 5.41 Å². The summed E-state index contributed by atoms with van der Waals surface area (Å²) in [5, 5.41) is 9.16. The Morgan fingerprint density at radius 3 is 2.00 bits per heavy atom. The maximum absolute atomic E-state index is 12.5. The SMILES string of the molecule is O=C(O)C12CC(c3ccc(C(F)(F)F)cc3)(C1)C2(Cl)Cl. The van der Waals surface area contributed by atoms with Crippen molar-refractivity contribution in [3.63, 3.8) is 0 Å². The van der Waals surface area contributed by atoms with Gasteiger partial charge in [-0.15, -0.1) is 0 Å². The minimum absolute atomic E-state index is 0.258. The standard InChI is InChI=1S/C13H9Cl2F3O2/c14-13(15)10(5-11(13,6-10)9(19)20)7-1-3-8(4-2-7)12(16,17)18/h1-4H,5-6H2,(H,19,20). The van der Waals surface area contributed by atoms with Crippen molar-refractivity contribution in [3.05, 3.63) is 35.4 Å². The van der Waals surface area contributed by atoms with E-state index in [1.54, 1.807) is 0 Å². The third-order valence-corrected chi connectivity index (χ3v) is 6.03. The highest BCUT2D eigenvalue weighted by Gasteiger charge is 2.88. The fourth-order valence-corrected chi connectivity index (χ4v) is 4.23. The molecule has 3 fully saturated rings. The Morgan fingerprint density at radius 1 is 1.15 bits per heavy atom. The molecule has 108 valence electrons. The van der Waals surface area contributed by atoms with Gasteiger partial charge in [-0.1, -0.05) is 35.3 Å². The molecule has 0 spiro atoms. The number of aliphatic carboxylic acids is 1. The zero-order valence-electron chi connectivity index (χ0n) is 9.97. The molecule has 0 unspecified atom stereocenters. The molecule has 2 nitrogen and oxygen atoms in total. The molecule has 1 aromatic carbocycles. The zero-order valence-corrected chi connectivity index (χ0v) is 11.5. The van der Waals surface area contributed by atoms with Crippen LogP contribution in [0.15, 0.2) is 24.3 Å². The van der Waals surface area contributed by atoms with Gasteiger partial charge in [0.15, 0.2) is 0 Å². The summed E-state index contributed by atoms with van der Waals surface area (Å²) in [6, 6.07) is 4.58. The third-order valence-electron chi connectivity index (χ3n) is 4.58. The second-order valence-electron chi connectivity index (χ2n) is 5.47.